The maximum absolute atomic E-state index is 12.6. The van der Waals surface area contributed by atoms with Gasteiger partial charge in [0.15, 0.2) is 11.5 Å². The summed E-state index contributed by atoms with van der Waals surface area (Å²) >= 11 is 0. The summed E-state index contributed by atoms with van der Waals surface area (Å²) in [7, 11) is 3.02. The molecular formula is C20H29N3O6. The molecule has 2 rings (SSSR count). The molecule has 9 heteroatoms. The Labute approximate surface area is 170 Å². The van der Waals surface area contributed by atoms with E-state index in [1.165, 1.54) is 14.2 Å². The molecule has 1 aliphatic heterocycles. The molecule has 0 bridgehead atoms. The van der Waals surface area contributed by atoms with Gasteiger partial charge in [-0.3, -0.25) is 14.5 Å². The molecule has 0 radical (unpaired) electrons. The lowest BCUT2D eigenvalue weighted by atomic mass is 9.99. The van der Waals surface area contributed by atoms with Crippen molar-refractivity contribution in [1.82, 2.24) is 15.5 Å². The summed E-state index contributed by atoms with van der Waals surface area (Å²) in [5, 5.41) is 14.7. The number of aliphatic hydroxyl groups is 1. The van der Waals surface area contributed by atoms with Gasteiger partial charge in [0.1, 0.15) is 6.04 Å². The quantitative estimate of drug-likeness (QED) is 0.499. The predicted molar refractivity (Wildman–Crippen MR) is 106 cm³/mol. The Balaban J connectivity index is 2.01. The fraction of sp³-hybridized carbons (Fsp3) is 0.550. The van der Waals surface area contributed by atoms with Crippen molar-refractivity contribution in [1.29, 1.82) is 0 Å². The molecule has 1 aliphatic rings. The van der Waals surface area contributed by atoms with Gasteiger partial charge in [0.05, 0.1) is 39.8 Å². The van der Waals surface area contributed by atoms with E-state index < -0.39 is 23.9 Å². The number of nitrogens with one attached hydrogen (secondary N) is 2. The maximum atomic E-state index is 12.6. The number of amides is 4. The minimum absolute atomic E-state index is 0.0509. The van der Waals surface area contributed by atoms with Gasteiger partial charge >= 0.3 is 6.03 Å². The lowest BCUT2D eigenvalue weighted by Crippen LogP contribution is -2.44. The van der Waals surface area contributed by atoms with Crippen LogP contribution in [0.4, 0.5) is 4.79 Å². The van der Waals surface area contributed by atoms with Gasteiger partial charge < -0.3 is 25.2 Å². The Morgan fingerprint density at radius 3 is 2.55 bits per heavy atom. The number of carbonyl (C=O) groups excluding carboxylic acids is 3. The highest BCUT2D eigenvalue weighted by Crippen LogP contribution is 2.28. The number of urea groups is 1. The Bertz CT molecular complexity index is 754. The van der Waals surface area contributed by atoms with E-state index in [1.54, 1.807) is 18.2 Å². The molecule has 0 aromatic heterocycles. The van der Waals surface area contributed by atoms with Crippen LogP contribution < -0.4 is 20.1 Å². The molecule has 0 aliphatic carbocycles. The summed E-state index contributed by atoms with van der Waals surface area (Å²) in [5.74, 6) is 0.273. The maximum Gasteiger partial charge on any atom is 0.325 e. The van der Waals surface area contributed by atoms with Crippen molar-refractivity contribution < 1.29 is 29.0 Å². The van der Waals surface area contributed by atoms with E-state index in [0.29, 0.717) is 17.1 Å². The number of ether oxygens (including phenoxy) is 2. The fourth-order valence-corrected chi connectivity index (χ4v) is 3.13. The van der Waals surface area contributed by atoms with Crippen molar-refractivity contribution in [3.8, 4) is 11.5 Å². The highest BCUT2D eigenvalue weighted by atomic mass is 16.5. The van der Waals surface area contributed by atoms with Crippen LogP contribution in [0, 0.1) is 5.92 Å². The van der Waals surface area contributed by atoms with Crippen molar-refractivity contribution in [3.05, 3.63) is 23.8 Å². The standard InChI is InChI=1S/C20H29N3O6/c1-5-12(2)15(11-24)21-18(25)9-14-19(26)23(20(27)22-14)10-13-6-7-16(28-3)17(8-13)29-4/h6-8,12,14-15,24H,5,9-11H2,1-4H3,(H,21,25)(H,22,27)/t12-,14-,15-/m0/s1. The van der Waals surface area contributed by atoms with Gasteiger partial charge in [-0.15, -0.1) is 0 Å². The summed E-state index contributed by atoms with van der Waals surface area (Å²) in [4.78, 5) is 38.2. The van der Waals surface area contributed by atoms with Crippen LogP contribution >= 0.6 is 0 Å². The molecule has 0 unspecified atom stereocenters. The number of methoxy groups -OCH3 is 2. The number of carbonyl (C=O) groups is 3. The molecule has 3 N–H and O–H groups in total. The largest absolute Gasteiger partial charge is 0.493 e. The Hall–Kier alpha value is -2.81. The van der Waals surface area contributed by atoms with Crippen molar-refractivity contribution >= 4 is 17.8 Å². The molecule has 1 fully saturated rings. The minimum atomic E-state index is -0.932. The monoisotopic (exact) mass is 407 g/mol. The number of benzene rings is 1. The van der Waals surface area contributed by atoms with Crippen LogP contribution in [0.25, 0.3) is 0 Å². The first-order valence-corrected chi connectivity index (χ1v) is 9.57. The number of imide groups is 1. The summed E-state index contributed by atoms with van der Waals surface area (Å²) in [5.41, 5.74) is 0.688. The highest BCUT2D eigenvalue weighted by Gasteiger charge is 2.39. The van der Waals surface area contributed by atoms with Gasteiger partial charge in [-0.25, -0.2) is 4.79 Å². The van der Waals surface area contributed by atoms with E-state index in [-0.39, 0.29) is 31.5 Å². The number of rotatable bonds is 10. The first-order chi connectivity index (χ1) is 13.8. The van der Waals surface area contributed by atoms with E-state index in [0.717, 1.165) is 11.3 Å². The van der Waals surface area contributed by atoms with E-state index in [2.05, 4.69) is 10.6 Å². The molecule has 1 aromatic carbocycles. The lowest BCUT2D eigenvalue weighted by molar-refractivity contribution is -0.131. The van der Waals surface area contributed by atoms with Crippen LogP contribution in [-0.4, -0.2) is 60.8 Å². The second kappa shape index (κ2) is 10.1. The Morgan fingerprint density at radius 1 is 1.28 bits per heavy atom. The second-order valence-electron chi connectivity index (χ2n) is 7.06. The van der Waals surface area contributed by atoms with E-state index in [1.807, 2.05) is 13.8 Å². The zero-order valence-electron chi connectivity index (χ0n) is 17.2. The summed E-state index contributed by atoms with van der Waals surface area (Å²) in [6.07, 6.45) is 0.615. The van der Waals surface area contributed by atoms with Crippen molar-refractivity contribution in [2.45, 2.75) is 45.3 Å². The second-order valence-corrected chi connectivity index (χ2v) is 7.06. The van der Waals surface area contributed by atoms with E-state index in [9.17, 15) is 19.5 Å². The summed E-state index contributed by atoms with van der Waals surface area (Å²) in [6, 6.07) is 3.25. The molecular weight excluding hydrogens is 378 g/mol. The SMILES string of the molecule is CC[C@H](C)[C@H](CO)NC(=O)C[C@@H]1NC(=O)N(Cc2ccc(OC)c(OC)c2)C1=O. The molecule has 1 heterocycles. The zero-order valence-corrected chi connectivity index (χ0v) is 17.2. The predicted octanol–water partition coefficient (Wildman–Crippen LogP) is 1.04. The van der Waals surface area contributed by atoms with Crippen molar-refractivity contribution in [2.75, 3.05) is 20.8 Å². The molecule has 9 nitrogen and oxygen atoms in total. The number of nitrogens with zero attached hydrogens (tertiary/aromatic N) is 1. The van der Waals surface area contributed by atoms with Crippen molar-refractivity contribution in [3.63, 3.8) is 0 Å². The third-order valence-corrected chi connectivity index (χ3v) is 5.16. The zero-order chi connectivity index (χ0) is 21.6. The van der Waals surface area contributed by atoms with Crippen molar-refractivity contribution in [2.24, 2.45) is 5.92 Å². The van der Waals surface area contributed by atoms with Gasteiger partial charge in [0.2, 0.25) is 5.91 Å². The van der Waals surface area contributed by atoms with Crippen LogP contribution in [0.15, 0.2) is 18.2 Å². The van der Waals surface area contributed by atoms with Crippen LogP contribution in [0.2, 0.25) is 0 Å². The molecule has 160 valence electrons. The lowest BCUT2D eigenvalue weighted by Gasteiger charge is -2.22. The van der Waals surface area contributed by atoms with Gasteiger partial charge in [-0.1, -0.05) is 26.3 Å². The molecule has 4 amide bonds. The summed E-state index contributed by atoms with van der Waals surface area (Å²) in [6.45, 7) is 3.76. The van der Waals surface area contributed by atoms with Crippen LogP contribution in [0.1, 0.15) is 32.3 Å². The normalized spacial score (nSPS) is 18.2. The Morgan fingerprint density at radius 2 is 1.97 bits per heavy atom. The first kappa shape index (κ1) is 22.5. The summed E-state index contributed by atoms with van der Waals surface area (Å²) < 4.78 is 10.4. The smallest absolute Gasteiger partial charge is 0.325 e. The fourth-order valence-electron chi connectivity index (χ4n) is 3.13. The highest BCUT2D eigenvalue weighted by molar-refractivity contribution is 6.05. The average Bonchev–Trinajstić information content (AvgIpc) is 2.98. The molecule has 1 saturated heterocycles. The minimum Gasteiger partial charge on any atom is -0.493 e. The third-order valence-electron chi connectivity index (χ3n) is 5.16. The molecule has 0 saturated carbocycles. The van der Waals surface area contributed by atoms with Gasteiger partial charge in [0, 0.05) is 0 Å². The van der Waals surface area contributed by atoms with Gasteiger partial charge in [-0.05, 0) is 23.6 Å². The van der Waals surface area contributed by atoms with E-state index in [4.69, 9.17) is 9.47 Å². The molecule has 29 heavy (non-hydrogen) atoms. The van der Waals surface area contributed by atoms with Crippen LogP contribution in [-0.2, 0) is 16.1 Å². The topological polar surface area (TPSA) is 117 Å². The third kappa shape index (κ3) is 5.38. The molecule has 0 spiro atoms. The number of aliphatic hydroxyl groups excluding tert-OH is 1. The van der Waals surface area contributed by atoms with Crippen LogP contribution in [0.3, 0.4) is 0 Å². The van der Waals surface area contributed by atoms with Gasteiger partial charge in [0.25, 0.3) is 5.91 Å². The molecule has 3 atom stereocenters. The Kier molecular flexibility index (Phi) is 7.83. The number of hydrogen-bond donors (Lipinski definition) is 3. The number of hydrogen-bond acceptors (Lipinski definition) is 6. The van der Waals surface area contributed by atoms with Gasteiger partial charge in [-0.2, -0.15) is 0 Å². The first-order valence-electron chi connectivity index (χ1n) is 9.57. The molecule has 1 aromatic rings. The average molecular weight is 407 g/mol. The van der Waals surface area contributed by atoms with Crippen LogP contribution in [0.5, 0.6) is 11.5 Å². The van der Waals surface area contributed by atoms with E-state index >= 15 is 0 Å².